The highest BCUT2D eigenvalue weighted by atomic mass is 32.2. The van der Waals surface area contributed by atoms with Crippen molar-refractivity contribution in [2.75, 3.05) is 19.5 Å². The van der Waals surface area contributed by atoms with Gasteiger partial charge in [-0.3, -0.25) is 14.9 Å². The van der Waals surface area contributed by atoms with Crippen LogP contribution in [0.3, 0.4) is 0 Å². The first kappa shape index (κ1) is 21.0. The molecule has 1 N–H and O–H groups in total. The van der Waals surface area contributed by atoms with Crippen LogP contribution in [0.2, 0.25) is 0 Å². The van der Waals surface area contributed by atoms with Crippen molar-refractivity contribution >= 4 is 23.4 Å². The van der Waals surface area contributed by atoms with Crippen LogP contribution in [0.15, 0.2) is 41.3 Å². The molecule has 1 heterocycles. The first-order valence-electron chi connectivity index (χ1n) is 9.43. The van der Waals surface area contributed by atoms with Crippen LogP contribution in [-0.2, 0) is 0 Å². The molecule has 7 nitrogen and oxygen atoms in total. The minimum Gasteiger partial charge on any atom is -0.490 e. The molecule has 0 fully saturated rings. The number of rotatable bonds is 6. The Bertz CT molecular complexity index is 916. The average Bonchev–Trinajstić information content (AvgIpc) is 2.95. The van der Waals surface area contributed by atoms with Gasteiger partial charge in [-0.2, -0.15) is 0 Å². The summed E-state index contributed by atoms with van der Waals surface area (Å²) in [5.74, 6) is 1.11. The second kappa shape index (κ2) is 9.17. The Balaban J connectivity index is 1.86. The number of nitrogens with one attached hydrogen (secondary N) is 1. The molecular formula is C21H24N2O5S. The second-order valence-corrected chi connectivity index (χ2v) is 7.94. The van der Waals surface area contributed by atoms with Crippen molar-refractivity contribution in [1.29, 1.82) is 0 Å². The lowest BCUT2D eigenvalue weighted by Gasteiger charge is -2.24. The molecule has 0 bridgehead atoms. The molecule has 0 aromatic heterocycles. The number of benzene rings is 2. The number of nitro groups is 1. The number of amides is 1. The number of thioether (sulfide) groups is 1. The molecule has 1 amide bonds. The summed E-state index contributed by atoms with van der Waals surface area (Å²) in [7, 11) is 0. The normalized spacial score (nSPS) is 14.2. The molecule has 0 saturated heterocycles. The highest BCUT2D eigenvalue weighted by molar-refractivity contribution is 7.98. The van der Waals surface area contributed by atoms with E-state index in [2.05, 4.69) is 5.32 Å². The predicted octanol–water partition coefficient (Wildman–Crippen LogP) is 4.61. The third-order valence-corrected chi connectivity index (χ3v) is 5.51. The first-order chi connectivity index (χ1) is 13.9. The van der Waals surface area contributed by atoms with E-state index in [1.165, 1.54) is 17.8 Å². The summed E-state index contributed by atoms with van der Waals surface area (Å²) in [6.07, 6.45) is 2.58. The summed E-state index contributed by atoms with van der Waals surface area (Å²) in [6.45, 7) is 5.21. The summed E-state index contributed by atoms with van der Waals surface area (Å²) in [5, 5.41) is 14.3. The van der Waals surface area contributed by atoms with Crippen LogP contribution in [0.4, 0.5) is 5.69 Å². The average molecular weight is 416 g/mol. The lowest BCUT2D eigenvalue weighted by Crippen LogP contribution is -2.31. The molecule has 1 aliphatic rings. The number of fused-ring (bicyclic) bond motifs is 1. The summed E-state index contributed by atoms with van der Waals surface area (Å²) < 4.78 is 11.4. The van der Waals surface area contributed by atoms with E-state index in [1.807, 2.05) is 32.0 Å². The molecule has 3 rings (SSSR count). The van der Waals surface area contributed by atoms with E-state index in [1.54, 1.807) is 18.4 Å². The second-order valence-electron chi connectivity index (χ2n) is 7.10. The predicted molar refractivity (Wildman–Crippen MR) is 112 cm³/mol. The Morgan fingerprint density at radius 1 is 1.14 bits per heavy atom. The van der Waals surface area contributed by atoms with Crippen molar-refractivity contribution < 1.29 is 19.2 Å². The van der Waals surface area contributed by atoms with Crippen LogP contribution in [0.1, 0.15) is 42.2 Å². The zero-order valence-electron chi connectivity index (χ0n) is 16.6. The number of hydrogen-bond acceptors (Lipinski definition) is 6. The maximum absolute atomic E-state index is 12.9. The van der Waals surface area contributed by atoms with Gasteiger partial charge >= 0.3 is 0 Å². The van der Waals surface area contributed by atoms with Crippen molar-refractivity contribution in [3.8, 4) is 11.5 Å². The SMILES string of the molecule is CSc1ccc(C(=O)NC(c2ccc3c(c2)OCCCO3)C(C)C)cc1[N+](=O)[O-]. The van der Waals surface area contributed by atoms with Crippen LogP contribution >= 0.6 is 11.8 Å². The van der Waals surface area contributed by atoms with Gasteiger partial charge in [-0.1, -0.05) is 19.9 Å². The fraction of sp³-hybridized carbons (Fsp3) is 0.381. The van der Waals surface area contributed by atoms with Gasteiger partial charge in [0.25, 0.3) is 11.6 Å². The van der Waals surface area contributed by atoms with E-state index in [0.717, 1.165) is 12.0 Å². The standard InChI is InChI=1S/C21H24N2O5S/c1-13(2)20(14-5-7-17-18(12-14)28-10-4-9-27-17)22-21(24)15-6-8-19(29-3)16(11-15)23(25)26/h5-8,11-13,20H,4,9-10H2,1-3H3,(H,22,24). The number of ether oxygens (including phenoxy) is 2. The summed E-state index contributed by atoms with van der Waals surface area (Å²) in [6, 6.07) is 9.93. The summed E-state index contributed by atoms with van der Waals surface area (Å²) >= 11 is 1.28. The molecule has 29 heavy (non-hydrogen) atoms. The van der Waals surface area contributed by atoms with Gasteiger partial charge < -0.3 is 14.8 Å². The number of carbonyl (C=O) groups excluding carboxylic acids is 1. The van der Waals surface area contributed by atoms with Crippen molar-refractivity contribution in [2.24, 2.45) is 5.92 Å². The Kier molecular flexibility index (Phi) is 6.64. The largest absolute Gasteiger partial charge is 0.490 e. The van der Waals surface area contributed by atoms with Crippen LogP contribution in [0.25, 0.3) is 0 Å². The maximum Gasteiger partial charge on any atom is 0.283 e. The van der Waals surface area contributed by atoms with Crippen LogP contribution in [0, 0.1) is 16.0 Å². The molecule has 2 aromatic rings. The Labute approximate surface area is 173 Å². The number of nitrogens with zero attached hydrogens (tertiary/aromatic N) is 1. The van der Waals surface area contributed by atoms with Gasteiger partial charge in [-0.05, 0) is 42.0 Å². The number of hydrogen-bond donors (Lipinski definition) is 1. The van der Waals surface area contributed by atoms with Crippen molar-refractivity contribution in [3.05, 3.63) is 57.6 Å². The Hall–Kier alpha value is -2.74. The molecule has 1 atom stereocenters. The van der Waals surface area contributed by atoms with Gasteiger partial charge in [0.15, 0.2) is 11.5 Å². The first-order valence-corrected chi connectivity index (χ1v) is 10.7. The number of carbonyl (C=O) groups is 1. The van der Waals surface area contributed by atoms with Gasteiger partial charge in [0, 0.05) is 18.1 Å². The maximum atomic E-state index is 12.9. The van der Waals surface area contributed by atoms with E-state index >= 15 is 0 Å². The minimum atomic E-state index is -0.466. The minimum absolute atomic E-state index is 0.0678. The van der Waals surface area contributed by atoms with E-state index in [-0.39, 0.29) is 29.1 Å². The smallest absolute Gasteiger partial charge is 0.283 e. The van der Waals surface area contributed by atoms with Crippen molar-refractivity contribution in [3.63, 3.8) is 0 Å². The molecule has 154 valence electrons. The molecule has 8 heteroatoms. The third kappa shape index (κ3) is 4.82. The molecule has 2 aromatic carbocycles. The zero-order chi connectivity index (χ0) is 21.0. The van der Waals surface area contributed by atoms with Crippen LogP contribution < -0.4 is 14.8 Å². The van der Waals surface area contributed by atoms with Gasteiger partial charge in [0.05, 0.1) is 29.1 Å². The van der Waals surface area contributed by atoms with Gasteiger partial charge in [0.2, 0.25) is 0 Å². The highest BCUT2D eigenvalue weighted by Gasteiger charge is 2.23. The zero-order valence-corrected chi connectivity index (χ0v) is 17.5. The topological polar surface area (TPSA) is 90.7 Å². The molecule has 1 unspecified atom stereocenters. The lowest BCUT2D eigenvalue weighted by molar-refractivity contribution is -0.387. The monoisotopic (exact) mass is 416 g/mol. The van der Waals surface area contributed by atoms with Gasteiger partial charge in [-0.15, -0.1) is 11.8 Å². The molecule has 0 saturated carbocycles. The van der Waals surface area contributed by atoms with Crippen LogP contribution in [-0.4, -0.2) is 30.3 Å². The molecular weight excluding hydrogens is 392 g/mol. The molecule has 0 spiro atoms. The lowest BCUT2D eigenvalue weighted by atomic mass is 9.95. The number of nitro benzene ring substituents is 1. The summed E-state index contributed by atoms with van der Waals surface area (Å²) in [5.41, 5.74) is 1.09. The molecule has 1 aliphatic heterocycles. The summed E-state index contributed by atoms with van der Waals surface area (Å²) in [4.78, 5) is 24.2. The van der Waals surface area contributed by atoms with Gasteiger partial charge in [0.1, 0.15) is 0 Å². The molecule has 0 aliphatic carbocycles. The highest BCUT2D eigenvalue weighted by Crippen LogP contribution is 2.34. The third-order valence-electron chi connectivity index (χ3n) is 4.72. The van der Waals surface area contributed by atoms with E-state index < -0.39 is 4.92 Å². The molecule has 0 radical (unpaired) electrons. The quantitative estimate of drug-likeness (QED) is 0.420. The van der Waals surface area contributed by atoms with E-state index in [0.29, 0.717) is 29.6 Å². The van der Waals surface area contributed by atoms with Crippen LogP contribution in [0.5, 0.6) is 11.5 Å². The van der Waals surface area contributed by atoms with Crippen molar-refractivity contribution in [1.82, 2.24) is 5.32 Å². The Morgan fingerprint density at radius 2 is 1.86 bits per heavy atom. The fourth-order valence-electron chi connectivity index (χ4n) is 3.21. The Morgan fingerprint density at radius 3 is 2.52 bits per heavy atom. The van der Waals surface area contributed by atoms with E-state index in [4.69, 9.17) is 9.47 Å². The van der Waals surface area contributed by atoms with E-state index in [9.17, 15) is 14.9 Å². The fourth-order valence-corrected chi connectivity index (χ4v) is 3.75. The van der Waals surface area contributed by atoms with Gasteiger partial charge in [-0.25, -0.2) is 0 Å². The van der Waals surface area contributed by atoms with Crippen molar-refractivity contribution in [2.45, 2.75) is 31.2 Å².